The summed E-state index contributed by atoms with van der Waals surface area (Å²) in [5.74, 6) is 0.647. The average molecular weight is 278 g/mol. The summed E-state index contributed by atoms with van der Waals surface area (Å²) in [6, 6.07) is 14.8. The normalized spacial score (nSPS) is 10.5. The molecule has 0 aliphatic heterocycles. The number of carbonyl (C=O) groups is 1. The molecule has 2 aromatic carbocycles. The van der Waals surface area contributed by atoms with E-state index in [1.807, 2.05) is 37.3 Å². The van der Waals surface area contributed by atoms with Crippen LogP contribution in [0.3, 0.4) is 0 Å². The Morgan fingerprint density at radius 3 is 2.57 bits per heavy atom. The van der Waals surface area contributed by atoms with E-state index < -0.39 is 0 Å². The molecule has 3 rings (SSSR count). The van der Waals surface area contributed by atoms with E-state index >= 15 is 0 Å². The number of para-hydroxylation sites is 2. The largest absolute Gasteiger partial charge is 0.487 e. The molecule has 0 amide bonds. The van der Waals surface area contributed by atoms with Crippen LogP contribution in [0.4, 0.5) is 0 Å². The third-order valence-corrected chi connectivity index (χ3v) is 3.21. The van der Waals surface area contributed by atoms with Gasteiger partial charge in [0.1, 0.15) is 18.6 Å². The van der Waals surface area contributed by atoms with Crippen molar-refractivity contribution in [3.8, 4) is 5.75 Å². The highest BCUT2D eigenvalue weighted by molar-refractivity contribution is 5.75. The summed E-state index contributed by atoms with van der Waals surface area (Å²) in [5, 5.41) is 0. The second-order valence-electron chi connectivity index (χ2n) is 4.72. The SMILES string of the molecule is Cc1nc2ccccc2nc1COc1cccc(C=O)c1. The molecule has 0 saturated heterocycles. The summed E-state index contributed by atoms with van der Waals surface area (Å²) >= 11 is 0. The summed E-state index contributed by atoms with van der Waals surface area (Å²) in [7, 11) is 0. The lowest BCUT2D eigenvalue weighted by Gasteiger charge is -2.09. The minimum atomic E-state index is 0.325. The van der Waals surface area contributed by atoms with Crippen LogP contribution < -0.4 is 4.74 Å². The molecule has 0 aliphatic carbocycles. The van der Waals surface area contributed by atoms with Gasteiger partial charge in [0.05, 0.1) is 22.4 Å². The van der Waals surface area contributed by atoms with Gasteiger partial charge >= 0.3 is 0 Å². The van der Waals surface area contributed by atoms with Gasteiger partial charge in [-0.25, -0.2) is 9.97 Å². The van der Waals surface area contributed by atoms with E-state index in [0.717, 1.165) is 28.7 Å². The van der Waals surface area contributed by atoms with Crippen LogP contribution in [0, 0.1) is 6.92 Å². The Balaban J connectivity index is 1.84. The van der Waals surface area contributed by atoms with Gasteiger partial charge in [0.15, 0.2) is 0 Å². The van der Waals surface area contributed by atoms with Gasteiger partial charge in [-0.15, -0.1) is 0 Å². The summed E-state index contributed by atoms with van der Waals surface area (Å²) < 4.78 is 5.70. The van der Waals surface area contributed by atoms with E-state index in [-0.39, 0.29) is 0 Å². The Labute approximate surface area is 122 Å². The zero-order chi connectivity index (χ0) is 14.7. The molecule has 0 aliphatic rings. The molecule has 0 spiro atoms. The Morgan fingerprint density at radius 2 is 1.81 bits per heavy atom. The molecule has 4 nitrogen and oxygen atoms in total. The van der Waals surface area contributed by atoms with E-state index in [1.165, 1.54) is 0 Å². The molecule has 0 atom stereocenters. The average Bonchev–Trinajstić information content (AvgIpc) is 2.53. The predicted molar refractivity (Wildman–Crippen MR) is 80.4 cm³/mol. The molecule has 0 bridgehead atoms. The molecule has 0 radical (unpaired) electrons. The zero-order valence-electron chi connectivity index (χ0n) is 11.6. The van der Waals surface area contributed by atoms with Crippen molar-refractivity contribution in [2.24, 2.45) is 0 Å². The van der Waals surface area contributed by atoms with E-state index in [9.17, 15) is 4.79 Å². The number of hydrogen-bond donors (Lipinski definition) is 0. The predicted octanol–water partition coefficient (Wildman–Crippen LogP) is 3.33. The van der Waals surface area contributed by atoms with Crippen molar-refractivity contribution in [3.05, 3.63) is 65.5 Å². The monoisotopic (exact) mass is 278 g/mol. The summed E-state index contributed by atoms with van der Waals surface area (Å²) in [6.07, 6.45) is 0.800. The quantitative estimate of drug-likeness (QED) is 0.687. The number of aromatic nitrogens is 2. The molecule has 1 heterocycles. The van der Waals surface area contributed by atoms with Crippen molar-refractivity contribution in [2.45, 2.75) is 13.5 Å². The fraction of sp³-hybridized carbons (Fsp3) is 0.118. The van der Waals surface area contributed by atoms with Crippen molar-refractivity contribution in [2.75, 3.05) is 0 Å². The topological polar surface area (TPSA) is 52.1 Å². The number of ether oxygens (including phenoxy) is 1. The standard InChI is InChI=1S/C17H14N2O2/c1-12-17(19-16-8-3-2-7-15(16)18-12)11-21-14-6-4-5-13(9-14)10-20/h2-10H,11H2,1H3. The first-order valence-corrected chi connectivity index (χ1v) is 6.66. The molecule has 4 heteroatoms. The molecule has 0 unspecified atom stereocenters. The number of aldehydes is 1. The Kier molecular flexibility index (Phi) is 3.60. The molecule has 0 saturated carbocycles. The lowest BCUT2D eigenvalue weighted by Crippen LogP contribution is -2.03. The Bertz CT molecular complexity index is 800. The summed E-state index contributed by atoms with van der Waals surface area (Å²) in [4.78, 5) is 19.9. The second-order valence-corrected chi connectivity index (χ2v) is 4.72. The molecule has 104 valence electrons. The molecule has 1 aromatic heterocycles. The number of aryl methyl sites for hydroxylation is 1. The first kappa shape index (κ1) is 13.2. The molecular formula is C17H14N2O2. The first-order chi connectivity index (χ1) is 10.3. The van der Waals surface area contributed by atoms with Crippen LogP contribution in [0.15, 0.2) is 48.5 Å². The zero-order valence-corrected chi connectivity index (χ0v) is 11.6. The number of hydrogen-bond acceptors (Lipinski definition) is 4. The van der Waals surface area contributed by atoms with Gasteiger partial charge in [-0.05, 0) is 31.2 Å². The third-order valence-electron chi connectivity index (χ3n) is 3.21. The minimum absolute atomic E-state index is 0.325. The lowest BCUT2D eigenvalue weighted by molar-refractivity contribution is 0.112. The van der Waals surface area contributed by atoms with Gasteiger partial charge in [0, 0.05) is 5.56 Å². The van der Waals surface area contributed by atoms with Gasteiger partial charge in [-0.2, -0.15) is 0 Å². The van der Waals surface area contributed by atoms with Gasteiger partial charge in [0.25, 0.3) is 0 Å². The molecular weight excluding hydrogens is 264 g/mol. The van der Waals surface area contributed by atoms with Gasteiger partial charge in [-0.1, -0.05) is 24.3 Å². The summed E-state index contributed by atoms with van der Waals surface area (Å²) in [5.41, 5.74) is 3.96. The van der Waals surface area contributed by atoms with E-state index in [0.29, 0.717) is 17.9 Å². The molecule has 3 aromatic rings. The summed E-state index contributed by atoms with van der Waals surface area (Å²) in [6.45, 7) is 2.24. The highest BCUT2D eigenvalue weighted by Gasteiger charge is 2.06. The van der Waals surface area contributed by atoms with E-state index in [2.05, 4.69) is 9.97 Å². The van der Waals surface area contributed by atoms with E-state index in [1.54, 1.807) is 18.2 Å². The fourth-order valence-electron chi connectivity index (χ4n) is 2.09. The molecule has 0 N–H and O–H groups in total. The maximum absolute atomic E-state index is 10.8. The van der Waals surface area contributed by atoms with Crippen LogP contribution in [-0.4, -0.2) is 16.3 Å². The first-order valence-electron chi connectivity index (χ1n) is 6.66. The number of carbonyl (C=O) groups excluding carboxylic acids is 1. The van der Waals surface area contributed by atoms with Gasteiger partial charge < -0.3 is 4.74 Å². The van der Waals surface area contributed by atoms with Crippen LogP contribution in [0.2, 0.25) is 0 Å². The van der Waals surface area contributed by atoms with Crippen molar-refractivity contribution < 1.29 is 9.53 Å². The number of nitrogens with zero attached hydrogens (tertiary/aromatic N) is 2. The van der Waals surface area contributed by atoms with Crippen molar-refractivity contribution in [1.82, 2.24) is 9.97 Å². The Morgan fingerprint density at radius 1 is 1.05 bits per heavy atom. The van der Waals surface area contributed by atoms with Crippen LogP contribution >= 0.6 is 0 Å². The van der Waals surface area contributed by atoms with Gasteiger partial charge in [0.2, 0.25) is 0 Å². The smallest absolute Gasteiger partial charge is 0.150 e. The van der Waals surface area contributed by atoms with E-state index in [4.69, 9.17) is 4.74 Å². The molecule has 0 fully saturated rings. The lowest BCUT2D eigenvalue weighted by atomic mass is 10.2. The maximum Gasteiger partial charge on any atom is 0.150 e. The third kappa shape index (κ3) is 2.89. The number of benzene rings is 2. The highest BCUT2D eigenvalue weighted by Crippen LogP contribution is 2.16. The minimum Gasteiger partial charge on any atom is -0.487 e. The van der Waals surface area contributed by atoms with Crippen LogP contribution in [-0.2, 0) is 6.61 Å². The highest BCUT2D eigenvalue weighted by atomic mass is 16.5. The van der Waals surface area contributed by atoms with Crippen LogP contribution in [0.25, 0.3) is 11.0 Å². The number of fused-ring (bicyclic) bond motifs is 1. The van der Waals surface area contributed by atoms with Crippen LogP contribution in [0.1, 0.15) is 21.7 Å². The van der Waals surface area contributed by atoms with Gasteiger partial charge in [-0.3, -0.25) is 4.79 Å². The Hall–Kier alpha value is -2.75. The van der Waals surface area contributed by atoms with Crippen LogP contribution in [0.5, 0.6) is 5.75 Å². The van der Waals surface area contributed by atoms with Crippen molar-refractivity contribution in [1.29, 1.82) is 0 Å². The van der Waals surface area contributed by atoms with Crippen molar-refractivity contribution >= 4 is 17.3 Å². The van der Waals surface area contributed by atoms with Crippen molar-refractivity contribution in [3.63, 3.8) is 0 Å². The number of rotatable bonds is 4. The molecule has 21 heavy (non-hydrogen) atoms. The fourth-order valence-corrected chi connectivity index (χ4v) is 2.09. The maximum atomic E-state index is 10.8. The second kappa shape index (κ2) is 5.71.